The fraction of sp³-hybridized carbons (Fsp3) is 0.0909. The smallest absolute Gasteiger partial charge is 0.338 e. The lowest BCUT2D eigenvalue weighted by Gasteiger charge is -2.03. The summed E-state index contributed by atoms with van der Waals surface area (Å²) in [6, 6.07) is 4.56. The van der Waals surface area contributed by atoms with E-state index in [0.717, 1.165) is 11.8 Å². The minimum Gasteiger partial charge on any atom is -0.478 e. The standard InChI is InChI=1S/C11H9N3O4/c1-7-2-3-9(14(17)18)10(4-7)13-6-8(5-12-13)11(15)16/h2-6H,1H3,(H,15,16). The van der Waals surface area contributed by atoms with E-state index in [1.54, 1.807) is 19.1 Å². The molecule has 0 unspecified atom stereocenters. The van der Waals surface area contributed by atoms with E-state index >= 15 is 0 Å². The topological polar surface area (TPSA) is 98.3 Å². The molecular weight excluding hydrogens is 238 g/mol. The van der Waals surface area contributed by atoms with Crippen molar-refractivity contribution >= 4 is 11.7 Å². The SMILES string of the molecule is Cc1ccc([N+](=O)[O-])c(-n2cc(C(=O)O)cn2)c1. The van der Waals surface area contributed by atoms with Gasteiger partial charge in [-0.3, -0.25) is 10.1 Å². The number of aryl methyl sites for hydroxylation is 1. The fourth-order valence-electron chi connectivity index (χ4n) is 1.54. The number of carboxylic acid groups (broad SMARTS) is 1. The average Bonchev–Trinajstić information content (AvgIpc) is 2.77. The molecule has 7 nitrogen and oxygen atoms in total. The first kappa shape index (κ1) is 11.8. The van der Waals surface area contributed by atoms with Gasteiger partial charge in [0.15, 0.2) is 0 Å². The molecule has 0 amide bonds. The molecule has 2 rings (SSSR count). The summed E-state index contributed by atoms with van der Waals surface area (Å²) < 4.78 is 1.19. The average molecular weight is 247 g/mol. The van der Waals surface area contributed by atoms with Gasteiger partial charge in [0.05, 0.1) is 16.7 Å². The van der Waals surface area contributed by atoms with Gasteiger partial charge in [-0.2, -0.15) is 5.10 Å². The third kappa shape index (κ3) is 2.05. The highest BCUT2D eigenvalue weighted by Gasteiger charge is 2.17. The van der Waals surface area contributed by atoms with Crippen LogP contribution < -0.4 is 0 Å². The highest BCUT2D eigenvalue weighted by atomic mass is 16.6. The van der Waals surface area contributed by atoms with Gasteiger partial charge in [-0.25, -0.2) is 9.48 Å². The van der Waals surface area contributed by atoms with Crippen LogP contribution in [0.25, 0.3) is 5.69 Å². The summed E-state index contributed by atoms with van der Waals surface area (Å²) >= 11 is 0. The van der Waals surface area contributed by atoms with E-state index < -0.39 is 10.9 Å². The number of aromatic carboxylic acids is 1. The van der Waals surface area contributed by atoms with Crippen LogP contribution in [0, 0.1) is 17.0 Å². The molecule has 1 aromatic heterocycles. The Morgan fingerprint density at radius 3 is 2.78 bits per heavy atom. The molecule has 0 radical (unpaired) electrons. The van der Waals surface area contributed by atoms with Crippen molar-refractivity contribution in [2.24, 2.45) is 0 Å². The van der Waals surface area contributed by atoms with Crippen LogP contribution in [0.3, 0.4) is 0 Å². The minimum atomic E-state index is -1.13. The predicted molar refractivity (Wildman–Crippen MR) is 61.9 cm³/mol. The van der Waals surface area contributed by atoms with Crippen LogP contribution in [-0.2, 0) is 0 Å². The van der Waals surface area contributed by atoms with Gasteiger partial charge in [-0.05, 0) is 18.6 Å². The van der Waals surface area contributed by atoms with E-state index in [2.05, 4.69) is 5.10 Å². The molecule has 0 saturated heterocycles. The van der Waals surface area contributed by atoms with Crippen molar-refractivity contribution in [2.45, 2.75) is 6.92 Å². The van der Waals surface area contributed by atoms with Crippen LogP contribution in [0.5, 0.6) is 0 Å². The van der Waals surface area contributed by atoms with Crippen molar-refractivity contribution in [1.82, 2.24) is 9.78 Å². The first-order valence-corrected chi connectivity index (χ1v) is 5.02. The minimum absolute atomic E-state index is 0.0224. The molecule has 92 valence electrons. The summed E-state index contributed by atoms with van der Waals surface area (Å²) in [7, 11) is 0. The van der Waals surface area contributed by atoms with Gasteiger partial charge < -0.3 is 5.11 Å². The third-order valence-corrected chi connectivity index (χ3v) is 2.40. The lowest BCUT2D eigenvalue weighted by atomic mass is 10.2. The second kappa shape index (κ2) is 4.28. The molecule has 1 aromatic carbocycles. The van der Waals surface area contributed by atoms with Crippen molar-refractivity contribution < 1.29 is 14.8 Å². The van der Waals surface area contributed by atoms with E-state index in [4.69, 9.17) is 5.11 Å². The molecule has 18 heavy (non-hydrogen) atoms. The van der Waals surface area contributed by atoms with Crippen molar-refractivity contribution in [3.05, 3.63) is 51.8 Å². The monoisotopic (exact) mass is 247 g/mol. The molecule has 0 aliphatic heterocycles. The summed E-state index contributed by atoms with van der Waals surface area (Å²) in [5.74, 6) is -1.13. The Morgan fingerprint density at radius 1 is 1.50 bits per heavy atom. The number of hydrogen-bond acceptors (Lipinski definition) is 4. The van der Waals surface area contributed by atoms with Crippen LogP contribution in [0.1, 0.15) is 15.9 Å². The Morgan fingerprint density at radius 2 is 2.22 bits per heavy atom. The number of nitro benzene ring substituents is 1. The van der Waals surface area contributed by atoms with Gasteiger partial charge in [0.25, 0.3) is 5.69 Å². The van der Waals surface area contributed by atoms with Gasteiger partial charge in [0.1, 0.15) is 5.69 Å². The molecular formula is C11H9N3O4. The summed E-state index contributed by atoms with van der Waals surface area (Å²) in [5, 5.41) is 23.5. The molecule has 0 fully saturated rings. The lowest BCUT2D eigenvalue weighted by Crippen LogP contribution is -2.01. The van der Waals surface area contributed by atoms with Crippen molar-refractivity contribution in [2.75, 3.05) is 0 Å². The van der Waals surface area contributed by atoms with E-state index in [9.17, 15) is 14.9 Å². The second-order valence-electron chi connectivity index (χ2n) is 3.73. The number of rotatable bonds is 3. The summed E-state index contributed by atoms with van der Waals surface area (Å²) in [4.78, 5) is 21.1. The number of benzene rings is 1. The zero-order valence-electron chi connectivity index (χ0n) is 9.40. The summed E-state index contributed by atoms with van der Waals surface area (Å²) in [6.07, 6.45) is 2.39. The van der Waals surface area contributed by atoms with Gasteiger partial charge in [-0.15, -0.1) is 0 Å². The Kier molecular flexibility index (Phi) is 2.80. The van der Waals surface area contributed by atoms with E-state index in [1.165, 1.54) is 16.9 Å². The fourth-order valence-corrected chi connectivity index (χ4v) is 1.54. The van der Waals surface area contributed by atoms with Crippen LogP contribution in [0.2, 0.25) is 0 Å². The molecule has 0 spiro atoms. The van der Waals surface area contributed by atoms with Crippen molar-refractivity contribution in [3.8, 4) is 5.69 Å². The normalized spacial score (nSPS) is 10.3. The maximum Gasteiger partial charge on any atom is 0.338 e. The van der Waals surface area contributed by atoms with Crippen LogP contribution in [0.15, 0.2) is 30.6 Å². The number of nitro groups is 1. The first-order valence-electron chi connectivity index (χ1n) is 5.02. The zero-order valence-corrected chi connectivity index (χ0v) is 9.40. The Balaban J connectivity index is 2.57. The van der Waals surface area contributed by atoms with Gasteiger partial charge in [-0.1, -0.05) is 6.07 Å². The number of hydrogen-bond donors (Lipinski definition) is 1. The maximum atomic E-state index is 10.9. The number of carboxylic acids is 1. The van der Waals surface area contributed by atoms with E-state index in [0.29, 0.717) is 0 Å². The lowest BCUT2D eigenvalue weighted by molar-refractivity contribution is -0.384. The van der Waals surface area contributed by atoms with E-state index in [1.807, 2.05) is 0 Å². The quantitative estimate of drug-likeness (QED) is 0.658. The molecule has 2 aromatic rings. The van der Waals surface area contributed by atoms with Gasteiger partial charge >= 0.3 is 5.97 Å². The van der Waals surface area contributed by atoms with Crippen LogP contribution >= 0.6 is 0 Å². The second-order valence-corrected chi connectivity index (χ2v) is 3.73. The number of carbonyl (C=O) groups is 1. The molecule has 0 bridgehead atoms. The van der Waals surface area contributed by atoms with Gasteiger partial charge in [0.2, 0.25) is 0 Å². The molecule has 1 N–H and O–H groups in total. The third-order valence-electron chi connectivity index (χ3n) is 2.40. The molecule has 1 heterocycles. The highest BCUT2D eigenvalue weighted by Crippen LogP contribution is 2.23. The highest BCUT2D eigenvalue weighted by molar-refractivity contribution is 5.87. The molecule has 0 aliphatic rings. The Labute approximate surface area is 101 Å². The maximum absolute atomic E-state index is 10.9. The Bertz CT molecular complexity index is 633. The molecule has 0 atom stereocenters. The number of aromatic nitrogens is 2. The van der Waals surface area contributed by atoms with Crippen molar-refractivity contribution in [3.63, 3.8) is 0 Å². The summed E-state index contributed by atoms with van der Waals surface area (Å²) in [6.45, 7) is 1.79. The number of nitrogens with zero attached hydrogens (tertiary/aromatic N) is 3. The van der Waals surface area contributed by atoms with Crippen LogP contribution in [-0.4, -0.2) is 25.8 Å². The molecule has 0 aliphatic carbocycles. The van der Waals surface area contributed by atoms with Gasteiger partial charge in [0, 0.05) is 12.3 Å². The first-order chi connectivity index (χ1) is 8.49. The predicted octanol–water partition coefficient (Wildman–Crippen LogP) is 1.79. The zero-order chi connectivity index (χ0) is 13.3. The largest absolute Gasteiger partial charge is 0.478 e. The van der Waals surface area contributed by atoms with Crippen LogP contribution in [0.4, 0.5) is 5.69 Å². The Hall–Kier alpha value is -2.70. The molecule has 7 heteroatoms. The molecule has 0 saturated carbocycles. The van der Waals surface area contributed by atoms with E-state index in [-0.39, 0.29) is 16.9 Å². The van der Waals surface area contributed by atoms with Crippen molar-refractivity contribution in [1.29, 1.82) is 0 Å². The summed E-state index contributed by atoms with van der Waals surface area (Å²) in [5.41, 5.74) is 0.918.